The van der Waals surface area contributed by atoms with Gasteiger partial charge in [0.05, 0.1) is 17.5 Å². The lowest BCUT2D eigenvalue weighted by Gasteiger charge is -2.24. The van der Waals surface area contributed by atoms with Gasteiger partial charge >= 0.3 is 0 Å². The summed E-state index contributed by atoms with van der Waals surface area (Å²) in [7, 11) is -0.333. The maximum absolute atomic E-state index is 13.6. The highest BCUT2D eigenvalue weighted by Gasteiger charge is 2.35. The van der Waals surface area contributed by atoms with Crippen LogP contribution in [0.2, 0.25) is 0 Å². The van der Waals surface area contributed by atoms with E-state index in [-0.39, 0.29) is 5.92 Å². The molecule has 0 unspecified atom stereocenters. The van der Waals surface area contributed by atoms with Gasteiger partial charge in [-0.2, -0.15) is 0 Å². The summed E-state index contributed by atoms with van der Waals surface area (Å²) in [6, 6.07) is 23.2. The van der Waals surface area contributed by atoms with Crippen LogP contribution in [0.25, 0.3) is 16.5 Å². The molecule has 4 aromatic rings. The maximum atomic E-state index is 13.6. The highest BCUT2D eigenvalue weighted by atomic mass is 32.2. The molecular formula is C28H28N2O3S. The summed E-state index contributed by atoms with van der Waals surface area (Å²) < 4.78 is 34.2. The molecule has 0 radical (unpaired) electrons. The smallest absolute Gasteiger partial charge is 0.263 e. The van der Waals surface area contributed by atoms with Gasteiger partial charge in [-0.05, 0) is 54.7 Å². The van der Waals surface area contributed by atoms with Crippen molar-refractivity contribution in [2.45, 2.75) is 30.6 Å². The number of allylic oxidation sites excluding steroid dienone is 2. The lowest BCUT2D eigenvalue weighted by atomic mass is 9.88. The number of benzene rings is 3. The largest absolute Gasteiger partial charge is 0.495 e. The van der Waals surface area contributed by atoms with Crippen molar-refractivity contribution in [3.63, 3.8) is 0 Å². The summed E-state index contributed by atoms with van der Waals surface area (Å²) in [4.78, 5) is 3.69. The van der Waals surface area contributed by atoms with E-state index >= 15 is 0 Å². The number of ether oxygens (including phenoxy) is 1. The summed E-state index contributed by atoms with van der Waals surface area (Å²) in [5.41, 5.74) is 6.09. The van der Waals surface area contributed by atoms with Gasteiger partial charge < -0.3 is 9.72 Å². The van der Waals surface area contributed by atoms with E-state index in [0.717, 1.165) is 51.0 Å². The molecule has 1 heterocycles. The van der Waals surface area contributed by atoms with Gasteiger partial charge in [0.1, 0.15) is 5.75 Å². The van der Waals surface area contributed by atoms with Crippen molar-refractivity contribution in [3.05, 3.63) is 101 Å². The van der Waals surface area contributed by atoms with Crippen molar-refractivity contribution in [1.82, 2.24) is 9.29 Å². The molecule has 0 bridgehead atoms. The zero-order valence-electron chi connectivity index (χ0n) is 19.6. The fourth-order valence-electron chi connectivity index (χ4n) is 5.00. The molecule has 0 aliphatic heterocycles. The molecule has 174 valence electrons. The van der Waals surface area contributed by atoms with E-state index in [1.165, 1.54) is 4.31 Å². The van der Waals surface area contributed by atoms with Crippen LogP contribution in [-0.2, 0) is 10.0 Å². The Morgan fingerprint density at radius 3 is 2.41 bits per heavy atom. The molecule has 0 fully saturated rings. The number of sulfonamides is 1. The van der Waals surface area contributed by atoms with Crippen molar-refractivity contribution in [3.8, 4) is 5.75 Å². The molecule has 5 nitrogen and oxygen atoms in total. The van der Waals surface area contributed by atoms with Gasteiger partial charge in [-0.25, -0.2) is 8.42 Å². The van der Waals surface area contributed by atoms with E-state index in [1.54, 1.807) is 26.3 Å². The molecule has 0 amide bonds. The molecule has 0 saturated carbocycles. The Balaban J connectivity index is 1.66. The number of nitrogens with zero attached hydrogens (tertiary/aromatic N) is 1. The number of methoxy groups -OCH3 is 1. The molecule has 1 aromatic heterocycles. The molecule has 34 heavy (non-hydrogen) atoms. The molecular weight excluding hydrogens is 444 g/mol. The first-order valence-corrected chi connectivity index (χ1v) is 12.8. The molecule has 1 atom stereocenters. The van der Waals surface area contributed by atoms with Crippen LogP contribution in [-0.4, -0.2) is 31.9 Å². The molecule has 5 rings (SSSR count). The second-order valence-corrected chi connectivity index (χ2v) is 10.7. The average molecular weight is 473 g/mol. The Bertz CT molecular complexity index is 1470. The quantitative estimate of drug-likeness (QED) is 0.369. The molecule has 1 aliphatic carbocycles. The summed E-state index contributed by atoms with van der Waals surface area (Å²) in [5.74, 6) is 0.861. The molecule has 1 N–H and O–H groups in total. The predicted molar refractivity (Wildman–Crippen MR) is 136 cm³/mol. The Hall–Kier alpha value is -3.51. The highest BCUT2D eigenvalue weighted by molar-refractivity contribution is 7.89. The third-order valence-electron chi connectivity index (χ3n) is 6.78. The van der Waals surface area contributed by atoms with Crippen LogP contribution >= 0.6 is 0 Å². The Morgan fingerprint density at radius 2 is 1.71 bits per heavy atom. The average Bonchev–Trinajstić information content (AvgIpc) is 3.48. The van der Waals surface area contributed by atoms with Crippen LogP contribution in [0.4, 0.5) is 0 Å². The van der Waals surface area contributed by atoms with E-state index in [1.807, 2.05) is 55.6 Å². The third-order valence-corrected chi connectivity index (χ3v) is 8.59. The summed E-state index contributed by atoms with van der Waals surface area (Å²) in [5, 5.41) is 1.10. The van der Waals surface area contributed by atoms with E-state index in [4.69, 9.17) is 4.74 Å². The third kappa shape index (κ3) is 3.68. The van der Waals surface area contributed by atoms with E-state index in [2.05, 4.69) is 23.2 Å². The van der Waals surface area contributed by atoms with Gasteiger partial charge in [0.15, 0.2) is 0 Å². The predicted octanol–water partition coefficient (Wildman–Crippen LogP) is 6.09. The van der Waals surface area contributed by atoms with Gasteiger partial charge in [-0.3, -0.25) is 4.31 Å². The monoisotopic (exact) mass is 472 g/mol. The van der Waals surface area contributed by atoms with E-state index in [9.17, 15) is 8.42 Å². The van der Waals surface area contributed by atoms with Crippen molar-refractivity contribution < 1.29 is 13.2 Å². The minimum Gasteiger partial charge on any atom is -0.495 e. The topological polar surface area (TPSA) is 62.4 Å². The lowest BCUT2D eigenvalue weighted by Crippen LogP contribution is -2.26. The zero-order chi connectivity index (χ0) is 23.9. The fourth-order valence-corrected chi connectivity index (χ4v) is 6.28. The van der Waals surface area contributed by atoms with Gasteiger partial charge in [-0.15, -0.1) is 0 Å². The minimum atomic E-state index is -3.68. The zero-order valence-corrected chi connectivity index (χ0v) is 20.4. The summed E-state index contributed by atoms with van der Waals surface area (Å²) in [6.07, 6.45) is 3.54. The van der Waals surface area contributed by atoms with Crippen LogP contribution in [0.1, 0.15) is 35.4 Å². The number of hydrogen-bond donors (Lipinski definition) is 1. The summed E-state index contributed by atoms with van der Waals surface area (Å²) >= 11 is 0. The van der Waals surface area contributed by atoms with Crippen molar-refractivity contribution in [2.24, 2.45) is 0 Å². The number of H-pyrrole nitrogens is 1. The minimum absolute atomic E-state index is 0.0638. The second kappa shape index (κ2) is 8.69. The van der Waals surface area contributed by atoms with Crippen LogP contribution in [0.15, 0.2) is 89.6 Å². The van der Waals surface area contributed by atoms with Gasteiger partial charge in [0, 0.05) is 30.2 Å². The normalized spacial score (nSPS) is 16.3. The molecule has 0 spiro atoms. The number of para-hydroxylation sites is 1. The number of nitrogens with one attached hydrogen (secondary N) is 1. The number of hydrogen-bond acceptors (Lipinski definition) is 3. The summed E-state index contributed by atoms with van der Waals surface area (Å²) in [6.45, 7) is 1.95. The van der Waals surface area contributed by atoms with Crippen molar-refractivity contribution in [1.29, 1.82) is 0 Å². The number of aromatic amines is 1. The van der Waals surface area contributed by atoms with Crippen molar-refractivity contribution in [2.75, 3.05) is 14.2 Å². The maximum Gasteiger partial charge on any atom is 0.263 e. The standard InChI is InChI=1S/C28H28N2O3S/c1-19-12-14-21(15-13-19)34(31,32)30(2)25-17-16-22(27(25)20-8-5-4-6-9-20)24-18-29-28-23(24)10-7-11-26(28)33-3/h4-15,18,22,29H,16-17H2,1-3H3/t22-/m1/s1. The number of aromatic nitrogens is 1. The number of aryl methyl sites for hydroxylation is 1. The Morgan fingerprint density at radius 1 is 0.971 bits per heavy atom. The van der Waals surface area contributed by atoms with Crippen LogP contribution in [0.5, 0.6) is 5.75 Å². The van der Waals surface area contributed by atoms with Gasteiger partial charge in [0.25, 0.3) is 10.0 Å². The Kier molecular flexibility index (Phi) is 5.70. The van der Waals surface area contributed by atoms with Gasteiger partial charge in [-0.1, -0.05) is 60.2 Å². The first-order valence-electron chi connectivity index (χ1n) is 11.4. The molecule has 3 aromatic carbocycles. The van der Waals surface area contributed by atoms with E-state index in [0.29, 0.717) is 11.3 Å². The number of rotatable bonds is 6. The van der Waals surface area contributed by atoms with Crippen LogP contribution in [0.3, 0.4) is 0 Å². The molecule has 1 aliphatic rings. The fraction of sp³-hybridized carbons (Fsp3) is 0.214. The van der Waals surface area contributed by atoms with Crippen LogP contribution < -0.4 is 4.74 Å². The van der Waals surface area contributed by atoms with Gasteiger partial charge in [0.2, 0.25) is 0 Å². The van der Waals surface area contributed by atoms with E-state index < -0.39 is 10.0 Å². The first-order chi connectivity index (χ1) is 16.4. The van der Waals surface area contributed by atoms with Crippen molar-refractivity contribution >= 4 is 26.5 Å². The lowest BCUT2D eigenvalue weighted by molar-refractivity contribution is 0.419. The Labute approximate surface area is 200 Å². The SMILES string of the molecule is COc1cccc2c([C@H]3CCC(N(C)S(=O)(=O)c4ccc(C)cc4)=C3c3ccccc3)c[nH]c12. The molecule has 6 heteroatoms. The molecule has 0 saturated heterocycles. The number of fused-ring (bicyclic) bond motifs is 1. The van der Waals surface area contributed by atoms with Crippen LogP contribution in [0, 0.1) is 6.92 Å². The second-order valence-electron chi connectivity index (χ2n) is 8.73. The highest BCUT2D eigenvalue weighted by Crippen LogP contribution is 2.49. The first kappa shape index (κ1) is 22.3.